The predicted molar refractivity (Wildman–Crippen MR) is 64.3 cm³/mol. The van der Waals surface area contributed by atoms with Crippen LogP contribution in [0.15, 0.2) is 12.7 Å². The molecule has 0 bridgehead atoms. The van der Waals surface area contributed by atoms with Crippen LogP contribution in [0.2, 0.25) is 0 Å². The van der Waals surface area contributed by atoms with Gasteiger partial charge in [-0.15, -0.1) is 0 Å². The van der Waals surface area contributed by atoms with E-state index in [2.05, 4.69) is 24.8 Å². The van der Waals surface area contributed by atoms with Crippen LogP contribution in [0, 0.1) is 5.92 Å². The van der Waals surface area contributed by atoms with Crippen LogP contribution >= 0.6 is 0 Å². The number of nitrogens with zero attached hydrogens (tertiary/aromatic N) is 4. The van der Waals surface area contributed by atoms with Crippen molar-refractivity contribution in [2.24, 2.45) is 5.92 Å². The lowest BCUT2D eigenvalue weighted by molar-refractivity contribution is -0.142. The second-order valence-electron chi connectivity index (χ2n) is 4.40. The first-order valence-corrected chi connectivity index (χ1v) is 5.87. The van der Waals surface area contributed by atoms with Crippen molar-refractivity contribution in [1.29, 1.82) is 0 Å². The van der Waals surface area contributed by atoms with Crippen LogP contribution < -0.4 is 4.90 Å². The topological polar surface area (TPSA) is 95.0 Å². The Kier molecular flexibility index (Phi) is 2.58. The number of imidazole rings is 1. The Morgan fingerprint density at radius 3 is 2.83 bits per heavy atom. The van der Waals surface area contributed by atoms with Gasteiger partial charge in [-0.1, -0.05) is 0 Å². The van der Waals surface area contributed by atoms with Crippen molar-refractivity contribution in [2.45, 2.75) is 12.8 Å². The largest absolute Gasteiger partial charge is 0.481 e. The summed E-state index contributed by atoms with van der Waals surface area (Å²) in [5.74, 6) is -0.134. The van der Waals surface area contributed by atoms with Crippen molar-refractivity contribution in [2.75, 3.05) is 18.0 Å². The Morgan fingerprint density at radius 1 is 1.33 bits per heavy atom. The number of hydrogen-bond acceptors (Lipinski definition) is 5. The van der Waals surface area contributed by atoms with Crippen LogP contribution in [0.4, 0.5) is 5.82 Å². The molecule has 0 saturated carbocycles. The first kappa shape index (κ1) is 10.9. The molecule has 1 fully saturated rings. The molecule has 0 aromatic carbocycles. The standard InChI is InChI=1S/C11H13N5O2/c17-11(18)7-1-3-16(4-2-7)10-8-9(13-5-12-8)14-6-15-10/h5-7H,1-4H2,(H,17,18)(H,12,13,14,15). The molecule has 0 amide bonds. The first-order valence-electron chi connectivity index (χ1n) is 5.87. The molecule has 3 heterocycles. The molecule has 0 atom stereocenters. The summed E-state index contributed by atoms with van der Waals surface area (Å²) in [7, 11) is 0. The average Bonchev–Trinajstić information content (AvgIpc) is 2.87. The van der Waals surface area contributed by atoms with Gasteiger partial charge in [0.15, 0.2) is 11.5 Å². The minimum atomic E-state index is -0.705. The van der Waals surface area contributed by atoms with E-state index in [1.54, 1.807) is 6.33 Å². The van der Waals surface area contributed by atoms with Gasteiger partial charge in [0, 0.05) is 13.1 Å². The lowest BCUT2D eigenvalue weighted by Gasteiger charge is -2.30. The fraction of sp³-hybridized carbons (Fsp3) is 0.455. The van der Waals surface area contributed by atoms with Gasteiger partial charge in [-0.3, -0.25) is 4.79 Å². The molecular weight excluding hydrogens is 234 g/mol. The highest BCUT2D eigenvalue weighted by Gasteiger charge is 2.26. The highest BCUT2D eigenvalue weighted by atomic mass is 16.4. The highest BCUT2D eigenvalue weighted by Crippen LogP contribution is 2.25. The van der Waals surface area contributed by atoms with Crippen LogP contribution in [-0.2, 0) is 4.79 Å². The normalized spacial score (nSPS) is 17.2. The summed E-state index contributed by atoms with van der Waals surface area (Å²) in [4.78, 5) is 28.4. The summed E-state index contributed by atoms with van der Waals surface area (Å²) in [6, 6.07) is 0. The molecule has 0 aliphatic carbocycles. The van der Waals surface area contributed by atoms with Gasteiger partial charge in [-0.05, 0) is 12.8 Å². The van der Waals surface area contributed by atoms with Crippen LogP contribution in [0.25, 0.3) is 11.2 Å². The third kappa shape index (κ3) is 1.77. The molecule has 7 heteroatoms. The molecule has 2 N–H and O–H groups in total. The molecule has 18 heavy (non-hydrogen) atoms. The maximum Gasteiger partial charge on any atom is 0.306 e. The minimum absolute atomic E-state index is 0.236. The monoisotopic (exact) mass is 247 g/mol. The van der Waals surface area contributed by atoms with Gasteiger partial charge in [0.05, 0.1) is 12.2 Å². The fourth-order valence-electron chi connectivity index (χ4n) is 2.33. The fourth-order valence-corrected chi connectivity index (χ4v) is 2.33. The lowest BCUT2D eigenvalue weighted by atomic mass is 9.97. The van der Waals surface area contributed by atoms with E-state index in [4.69, 9.17) is 5.11 Å². The molecule has 3 rings (SSSR count). The molecule has 1 aliphatic heterocycles. The van der Waals surface area contributed by atoms with E-state index >= 15 is 0 Å². The number of aromatic nitrogens is 4. The number of nitrogens with one attached hydrogen (secondary N) is 1. The number of aliphatic carboxylic acids is 1. The van der Waals surface area contributed by atoms with Crippen LogP contribution in [0.3, 0.4) is 0 Å². The summed E-state index contributed by atoms with van der Waals surface area (Å²) in [5, 5.41) is 8.97. The van der Waals surface area contributed by atoms with Gasteiger partial charge in [0.2, 0.25) is 0 Å². The third-order valence-corrected chi connectivity index (χ3v) is 3.35. The number of anilines is 1. The zero-order valence-electron chi connectivity index (χ0n) is 9.70. The summed E-state index contributed by atoms with van der Waals surface area (Å²) in [6.45, 7) is 1.39. The Labute approximate surface area is 103 Å². The smallest absolute Gasteiger partial charge is 0.306 e. The van der Waals surface area contributed by atoms with E-state index < -0.39 is 5.97 Å². The molecular formula is C11H13N5O2. The number of H-pyrrole nitrogens is 1. The number of carboxylic acids is 1. The van der Waals surface area contributed by atoms with Crippen molar-refractivity contribution in [1.82, 2.24) is 19.9 Å². The molecule has 94 valence electrons. The first-order chi connectivity index (χ1) is 8.75. The number of piperidine rings is 1. The average molecular weight is 247 g/mol. The molecule has 0 spiro atoms. The maximum atomic E-state index is 10.9. The van der Waals surface area contributed by atoms with E-state index in [-0.39, 0.29) is 5.92 Å². The quantitative estimate of drug-likeness (QED) is 0.809. The highest BCUT2D eigenvalue weighted by molar-refractivity contribution is 5.82. The molecule has 0 unspecified atom stereocenters. The Hall–Kier alpha value is -2.18. The number of carbonyl (C=O) groups is 1. The number of carboxylic acid groups (broad SMARTS) is 1. The molecule has 2 aromatic rings. The van der Waals surface area contributed by atoms with Crippen molar-refractivity contribution in [3.63, 3.8) is 0 Å². The number of hydrogen-bond donors (Lipinski definition) is 2. The van der Waals surface area contributed by atoms with E-state index in [0.29, 0.717) is 31.6 Å². The maximum absolute atomic E-state index is 10.9. The minimum Gasteiger partial charge on any atom is -0.481 e. The van der Waals surface area contributed by atoms with Crippen LogP contribution in [-0.4, -0.2) is 44.1 Å². The van der Waals surface area contributed by atoms with Gasteiger partial charge in [-0.25, -0.2) is 15.0 Å². The van der Waals surface area contributed by atoms with Crippen molar-refractivity contribution in [3.05, 3.63) is 12.7 Å². The molecule has 1 aliphatic rings. The predicted octanol–water partition coefficient (Wildman–Crippen LogP) is 0.654. The van der Waals surface area contributed by atoms with Gasteiger partial charge in [-0.2, -0.15) is 0 Å². The van der Waals surface area contributed by atoms with Crippen molar-refractivity contribution >= 4 is 23.0 Å². The summed E-state index contributed by atoms with van der Waals surface area (Å²) in [6.07, 6.45) is 4.37. The second-order valence-corrected chi connectivity index (χ2v) is 4.40. The van der Waals surface area contributed by atoms with Gasteiger partial charge in [0.25, 0.3) is 0 Å². The van der Waals surface area contributed by atoms with Gasteiger partial charge >= 0.3 is 5.97 Å². The zero-order chi connectivity index (χ0) is 12.5. The van der Waals surface area contributed by atoms with Crippen LogP contribution in [0.5, 0.6) is 0 Å². The SMILES string of the molecule is O=C(O)C1CCN(c2ncnc3nc[nH]c23)CC1. The second kappa shape index (κ2) is 4.25. The molecule has 7 nitrogen and oxygen atoms in total. The number of aromatic amines is 1. The Bertz CT molecular complexity index is 574. The molecule has 0 radical (unpaired) electrons. The number of rotatable bonds is 2. The molecule has 1 saturated heterocycles. The lowest BCUT2D eigenvalue weighted by Crippen LogP contribution is -2.36. The molecule has 2 aromatic heterocycles. The van der Waals surface area contributed by atoms with Gasteiger partial charge < -0.3 is 15.0 Å². The zero-order valence-corrected chi connectivity index (χ0v) is 9.70. The van der Waals surface area contributed by atoms with Crippen molar-refractivity contribution < 1.29 is 9.90 Å². The summed E-state index contributed by atoms with van der Waals surface area (Å²) < 4.78 is 0. The van der Waals surface area contributed by atoms with Gasteiger partial charge in [0.1, 0.15) is 11.8 Å². The van der Waals surface area contributed by atoms with E-state index in [1.807, 2.05) is 0 Å². The van der Waals surface area contributed by atoms with E-state index in [0.717, 1.165) is 11.3 Å². The Morgan fingerprint density at radius 2 is 2.11 bits per heavy atom. The number of fused-ring (bicyclic) bond motifs is 1. The van der Waals surface area contributed by atoms with Crippen LogP contribution in [0.1, 0.15) is 12.8 Å². The van der Waals surface area contributed by atoms with E-state index in [1.165, 1.54) is 6.33 Å². The summed E-state index contributed by atoms with van der Waals surface area (Å²) in [5.41, 5.74) is 1.45. The van der Waals surface area contributed by atoms with Crippen molar-refractivity contribution in [3.8, 4) is 0 Å². The van der Waals surface area contributed by atoms with E-state index in [9.17, 15) is 4.79 Å². The Balaban J connectivity index is 1.84. The third-order valence-electron chi connectivity index (χ3n) is 3.35. The summed E-state index contributed by atoms with van der Waals surface area (Å²) >= 11 is 0.